The van der Waals surface area contributed by atoms with E-state index in [1.54, 1.807) is 18.2 Å². The number of halogens is 2. The molecule has 3 aromatic carbocycles. The Balaban J connectivity index is 1.44. The van der Waals surface area contributed by atoms with Crippen LogP contribution in [0, 0.1) is 6.92 Å². The number of rotatable bonds is 7. The van der Waals surface area contributed by atoms with Crippen molar-refractivity contribution in [1.82, 2.24) is 15.0 Å². The van der Waals surface area contributed by atoms with Gasteiger partial charge in [0.1, 0.15) is 0 Å². The number of benzene rings is 3. The number of fused-ring (bicyclic) bond motifs is 1. The van der Waals surface area contributed by atoms with Crippen molar-refractivity contribution in [3.8, 4) is 0 Å². The zero-order valence-electron chi connectivity index (χ0n) is 17.3. The fourth-order valence-corrected chi connectivity index (χ4v) is 4.40. The van der Waals surface area contributed by atoms with E-state index in [-0.39, 0.29) is 11.7 Å². The van der Waals surface area contributed by atoms with Crippen molar-refractivity contribution < 1.29 is 4.79 Å². The number of nitrogens with zero attached hydrogens (tertiary/aromatic N) is 3. The summed E-state index contributed by atoms with van der Waals surface area (Å²) in [7, 11) is 0. The quantitative estimate of drug-likeness (QED) is 0.201. The van der Waals surface area contributed by atoms with Crippen LogP contribution in [-0.4, -0.2) is 27.4 Å². The normalized spacial score (nSPS) is 11.3. The molecule has 1 amide bonds. The average molecular weight is 483 g/mol. The largest absolute Gasteiger partial charge is 0.314 e. The molecule has 0 radical (unpaired) electrons. The third kappa shape index (κ3) is 5.51. The molecule has 0 atom stereocenters. The van der Waals surface area contributed by atoms with Crippen molar-refractivity contribution in [3.05, 3.63) is 93.5 Å². The van der Waals surface area contributed by atoms with Gasteiger partial charge in [0.2, 0.25) is 0 Å². The summed E-state index contributed by atoms with van der Waals surface area (Å²) in [5, 5.41) is 5.79. The van der Waals surface area contributed by atoms with Gasteiger partial charge in [0.05, 0.1) is 34.6 Å². The summed E-state index contributed by atoms with van der Waals surface area (Å²) in [4.78, 5) is 17.1. The van der Waals surface area contributed by atoms with Crippen LogP contribution >= 0.6 is 35.0 Å². The molecule has 1 N–H and O–H groups in total. The van der Waals surface area contributed by atoms with Crippen LogP contribution in [0.2, 0.25) is 10.0 Å². The Bertz CT molecular complexity index is 1290. The van der Waals surface area contributed by atoms with E-state index in [1.165, 1.54) is 29.1 Å². The van der Waals surface area contributed by atoms with E-state index in [2.05, 4.69) is 46.3 Å². The highest BCUT2D eigenvalue weighted by molar-refractivity contribution is 7.99. The van der Waals surface area contributed by atoms with Crippen molar-refractivity contribution in [1.29, 1.82) is 0 Å². The molecule has 0 aliphatic rings. The minimum atomic E-state index is -0.231. The lowest BCUT2D eigenvalue weighted by Crippen LogP contribution is -2.20. The van der Waals surface area contributed by atoms with E-state index >= 15 is 0 Å². The van der Waals surface area contributed by atoms with Gasteiger partial charge in [-0.1, -0.05) is 83.0 Å². The van der Waals surface area contributed by atoms with Gasteiger partial charge in [0.15, 0.2) is 5.16 Å². The molecular weight excluding hydrogens is 463 g/mol. The lowest BCUT2D eigenvalue weighted by molar-refractivity contribution is -0.118. The molecule has 0 spiro atoms. The predicted octanol–water partition coefficient (Wildman–Crippen LogP) is 5.94. The number of hydrogen-bond donors (Lipinski definition) is 1. The van der Waals surface area contributed by atoms with Crippen molar-refractivity contribution in [3.63, 3.8) is 0 Å². The molecular formula is C24H20Cl2N4OS. The van der Waals surface area contributed by atoms with E-state index in [9.17, 15) is 4.79 Å². The van der Waals surface area contributed by atoms with Crippen LogP contribution in [-0.2, 0) is 11.3 Å². The number of nitrogens with one attached hydrogen (secondary N) is 1. The Morgan fingerprint density at radius 2 is 1.91 bits per heavy atom. The molecule has 4 aromatic rings. The van der Waals surface area contributed by atoms with E-state index in [1.807, 2.05) is 24.3 Å². The van der Waals surface area contributed by atoms with Crippen LogP contribution in [0.3, 0.4) is 0 Å². The van der Waals surface area contributed by atoms with Crippen LogP contribution in [0.15, 0.2) is 77.0 Å². The first-order valence-corrected chi connectivity index (χ1v) is 11.6. The fourth-order valence-electron chi connectivity index (χ4n) is 3.13. The highest BCUT2D eigenvalue weighted by Gasteiger charge is 2.13. The summed E-state index contributed by atoms with van der Waals surface area (Å²) in [6.45, 7) is 2.75. The highest BCUT2D eigenvalue weighted by Crippen LogP contribution is 2.25. The van der Waals surface area contributed by atoms with Gasteiger partial charge >= 0.3 is 0 Å². The second kappa shape index (κ2) is 10.2. The number of carbonyl (C=O) groups is 1. The van der Waals surface area contributed by atoms with E-state index in [4.69, 9.17) is 28.2 Å². The number of aromatic nitrogens is 2. The molecule has 0 saturated carbocycles. The van der Waals surface area contributed by atoms with Crippen molar-refractivity contribution in [2.45, 2.75) is 18.6 Å². The van der Waals surface area contributed by atoms with Crippen LogP contribution < -0.4 is 5.43 Å². The van der Waals surface area contributed by atoms with Gasteiger partial charge in [-0.05, 0) is 36.8 Å². The maximum atomic E-state index is 12.3. The zero-order chi connectivity index (χ0) is 22.5. The Morgan fingerprint density at radius 3 is 2.69 bits per heavy atom. The number of thioether (sulfide) groups is 1. The van der Waals surface area contributed by atoms with Gasteiger partial charge in [-0.2, -0.15) is 5.10 Å². The van der Waals surface area contributed by atoms with Gasteiger partial charge in [0, 0.05) is 10.6 Å². The Labute approximate surface area is 200 Å². The molecule has 1 aromatic heterocycles. The standard InChI is InChI=1S/C24H20Cl2N4OS/c1-16-6-8-17(9-7-16)14-30-22-5-3-2-4-21(22)28-24(30)32-15-23(31)29-27-13-18-10-11-19(25)12-20(18)26/h2-13H,14-15H2,1H3,(H,29,31)/b27-13-. The maximum Gasteiger partial charge on any atom is 0.250 e. The first-order valence-electron chi connectivity index (χ1n) is 9.90. The van der Waals surface area contributed by atoms with Crippen LogP contribution in [0.4, 0.5) is 0 Å². The molecule has 0 unspecified atom stereocenters. The van der Waals surface area contributed by atoms with Crippen LogP contribution in [0.25, 0.3) is 11.0 Å². The highest BCUT2D eigenvalue weighted by atomic mass is 35.5. The van der Waals surface area contributed by atoms with Gasteiger partial charge in [-0.15, -0.1) is 0 Å². The van der Waals surface area contributed by atoms with Crippen LogP contribution in [0.1, 0.15) is 16.7 Å². The topological polar surface area (TPSA) is 59.3 Å². The summed E-state index contributed by atoms with van der Waals surface area (Å²) >= 11 is 13.4. The third-order valence-electron chi connectivity index (χ3n) is 4.77. The van der Waals surface area contributed by atoms with Crippen molar-refractivity contribution in [2.24, 2.45) is 5.10 Å². The molecule has 0 aliphatic carbocycles. The number of carbonyl (C=O) groups excluding carboxylic acids is 1. The Morgan fingerprint density at radius 1 is 1.12 bits per heavy atom. The average Bonchev–Trinajstić information content (AvgIpc) is 3.13. The van der Waals surface area contributed by atoms with Gasteiger partial charge in [-0.3, -0.25) is 4.79 Å². The van der Waals surface area contributed by atoms with Crippen LogP contribution in [0.5, 0.6) is 0 Å². The summed E-state index contributed by atoms with van der Waals surface area (Å²) < 4.78 is 2.13. The summed E-state index contributed by atoms with van der Waals surface area (Å²) in [6.07, 6.45) is 1.49. The molecule has 0 saturated heterocycles. The molecule has 0 aliphatic heterocycles. The Hall–Kier alpha value is -2.80. The lowest BCUT2D eigenvalue weighted by Gasteiger charge is -2.09. The molecule has 5 nitrogen and oxygen atoms in total. The molecule has 0 fully saturated rings. The molecule has 162 valence electrons. The first kappa shape index (κ1) is 22.4. The zero-order valence-corrected chi connectivity index (χ0v) is 19.6. The molecule has 4 rings (SSSR count). The minimum Gasteiger partial charge on any atom is -0.314 e. The Kier molecular flexibility index (Phi) is 7.15. The maximum absolute atomic E-state index is 12.3. The number of para-hydroxylation sites is 2. The number of imidazole rings is 1. The SMILES string of the molecule is Cc1ccc(Cn2c(SCC(=O)N/N=C\c3ccc(Cl)cc3Cl)nc3ccccc32)cc1. The first-order chi connectivity index (χ1) is 15.5. The van der Waals surface area contributed by atoms with E-state index in [0.717, 1.165) is 16.2 Å². The van der Waals surface area contributed by atoms with Gasteiger partial charge < -0.3 is 4.57 Å². The molecule has 32 heavy (non-hydrogen) atoms. The fraction of sp³-hybridized carbons (Fsp3) is 0.125. The number of hydrazone groups is 1. The summed E-state index contributed by atoms with van der Waals surface area (Å²) in [5.74, 6) is -0.0478. The second-order valence-corrected chi connectivity index (χ2v) is 8.99. The van der Waals surface area contributed by atoms with Crippen molar-refractivity contribution in [2.75, 3.05) is 5.75 Å². The minimum absolute atomic E-state index is 0.183. The lowest BCUT2D eigenvalue weighted by atomic mass is 10.1. The van der Waals surface area contributed by atoms with E-state index < -0.39 is 0 Å². The third-order valence-corrected chi connectivity index (χ3v) is 6.31. The smallest absolute Gasteiger partial charge is 0.250 e. The number of amides is 1. The summed E-state index contributed by atoms with van der Waals surface area (Å²) in [6, 6.07) is 21.5. The van der Waals surface area contributed by atoms with E-state index in [0.29, 0.717) is 22.2 Å². The number of hydrogen-bond acceptors (Lipinski definition) is 4. The van der Waals surface area contributed by atoms with Gasteiger partial charge in [0.25, 0.3) is 5.91 Å². The second-order valence-electron chi connectivity index (χ2n) is 7.20. The monoisotopic (exact) mass is 482 g/mol. The number of aryl methyl sites for hydroxylation is 1. The predicted molar refractivity (Wildman–Crippen MR) is 133 cm³/mol. The molecule has 1 heterocycles. The molecule has 8 heteroatoms. The van der Waals surface area contributed by atoms with Gasteiger partial charge in [-0.25, -0.2) is 10.4 Å². The summed E-state index contributed by atoms with van der Waals surface area (Å²) in [5.41, 5.74) is 7.53. The van der Waals surface area contributed by atoms with Crippen molar-refractivity contribution >= 4 is 58.1 Å². The molecule has 0 bridgehead atoms.